The van der Waals surface area contributed by atoms with E-state index < -0.39 is 5.97 Å². The molecule has 0 atom stereocenters. The van der Waals surface area contributed by atoms with E-state index in [9.17, 15) is 4.79 Å². The van der Waals surface area contributed by atoms with E-state index in [0.717, 1.165) is 56.7 Å². The lowest BCUT2D eigenvalue weighted by Gasteiger charge is -2.13. The maximum Gasteiger partial charge on any atom is 0.338 e. The molecule has 0 N–H and O–H groups in total. The Balaban J connectivity index is 1.42. The number of nitrogens with zero attached hydrogens (tertiary/aromatic N) is 4. The van der Waals surface area contributed by atoms with Crippen LogP contribution in [0.1, 0.15) is 21.5 Å². The van der Waals surface area contributed by atoms with Gasteiger partial charge in [0.05, 0.1) is 65.4 Å². The number of aliphatic imine (C=N–C) groups is 4. The summed E-state index contributed by atoms with van der Waals surface area (Å²) in [6.07, 6.45) is 19.6. The molecule has 0 radical (unpaired) electrons. The first-order chi connectivity index (χ1) is 20.6. The van der Waals surface area contributed by atoms with Crippen LogP contribution in [-0.2, 0) is 4.74 Å². The second-order valence-corrected chi connectivity index (χ2v) is 9.83. The number of esters is 1. The monoisotopic (exact) mass is 548 g/mol. The number of hydrogen-bond acceptors (Lipinski definition) is 7. The van der Waals surface area contributed by atoms with Crippen molar-refractivity contribution in [2.45, 2.75) is 0 Å². The maximum atomic E-state index is 12.7. The van der Waals surface area contributed by atoms with Crippen LogP contribution in [0.25, 0.3) is 11.1 Å². The first-order valence-electron chi connectivity index (χ1n) is 13.4. The molecule has 2 aromatic rings. The summed E-state index contributed by atoms with van der Waals surface area (Å²) in [6, 6.07) is 15.3. The number of carbonyl (C=O) groups excluding carboxylic acids is 1. The fourth-order valence-electron chi connectivity index (χ4n) is 5.27. The van der Waals surface area contributed by atoms with Gasteiger partial charge in [0, 0.05) is 16.7 Å². The topological polar surface area (TPSA) is 85.0 Å². The second kappa shape index (κ2) is 10.4. The van der Waals surface area contributed by atoms with E-state index in [1.54, 1.807) is 13.2 Å². The average Bonchev–Trinajstić information content (AvgIpc) is 3.84. The Morgan fingerprint density at radius 1 is 0.619 bits per heavy atom. The molecule has 2 aromatic carbocycles. The number of allylic oxidation sites excluding steroid dienone is 12. The van der Waals surface area contributed by atoms with E-state index in [-0.39, 0.29) is 0 Å². The second-order valence-electron chi connectivity index (χ2n) is 9.83. The molecule has 0 unspecified atom stereocenters. The molecule has 5 aliphatic heterocycles. The third kappa shape index (κ3) is 4.57. The van der Waals surface area contributed by atoms with E-state index in [1.165, 1.54) is 7.11 Å². The van der Waals surface area contributed by atoms with Crippen molar-refractivity contribution in [3.05, 3.63) is 149 Å². The van der Waals surface area contributed by atoms with Gasteiger partial charge in [-0.2, -0.15) is 0 Å². The molecule has 42 heavy (non-hydrogen) atoms. The molecule has 0 saturated heterocycles. The predicted octanol–water partition coefficient (Wildman–Crippen LogP) is 6.43. The van der Waals surface area contributed by atoms with Crippen molar-refractivity contribution in [1.82, 2.24) is 0 Å². The number of carbonyl (C=O) groups is 1. The lowest BCUT2D eigenvalue weighted by atomic mass is 9.94. The minimum absolute atomic E-state index is 0.423. The summed E-state index contributed by atoms with van der Waals surface area (Å²) in [6.45, 7) is 0. The minimum Gasteiger partial charge on any atom is -0.497 e. The summed E-state index contributed by atoms with van der Waals surface area (Å²) in [4.78, 5) is 32.5. The number of rotatable bonds is 4. The van der Waals surface area contributed by atoms with Crippen LogP contribution < -0.4 is 4.74 Å². The molecular weight excluding hydrogens is 524 g/mol. The summed E-state index contributed by atoms with van der Waals surface area (Å²) < 4.78 is 10.5. The molecule has 0 aromatic heterocycles. The molecule has 0 saturated carbocycles. The van der Waals surface area contributed by atoms with E-state index in [4.69, 9.17) is 29.4 Å². The van der Waals surface area contributed by atoms with E-state index >= 15 is 0 Å². The van der Waals surface area contributed by atoms with Gasteiger partial charge in [0.25, 0.3) is 0 Å². The Bertz CT molecular complexity index is 1930. The van der Waals surface area contributed by atoms with Gasteiger partial charge in [-0.15, -0.1) is 0 Å². The van der Waals surface area contributed by atoms with Gasteiger partial charge in [0.1, 0.15) is 5.75 Å². The van der Waals surface area contributed by atoms with Gasteiger partial charge >= 0.3 is 5.97 Å². The highest BCUT2D eigenvalue weighted by atomic mass is 16.5. The molecule has 0 aliphatic carbocycles. The number of fused-ring (bicyclic) bond motifs is 4. The first-order valence-corrected chi connectivity index (χ1v) is 13.4. The number of methoxy groups -OCH3 is 2. The highest BCUT2D eigenvalue weighted by Crippen LogP contribution is 2.34. The lowest BCUT2D eigenvalue weighted by Crippen LogP contribution is -2.09. The average molecular weight is 549 g/mol. The minimum atomic E-state index is -0.423. The number of benzene rings is 2. The van der Waals surface area contributed by atoms with Gasteiger partial charge < -0.3 is 9.47 Å². The fourth-order valence-corrected chi connectivity index (χ4v) is 5.27. The zero-order chi connectivity index (χ0) is 28.6. The van der Waals surface area contributed by atoms with Crippen molar-refractivity contribution in [3.63, 3.8) is 0 Å². The normalized spacial score (nSPS) is 18.1. The Hall–Kier alpha value is -5.69. The van der Waals surface area contributed by atoms with Crippen LogP contribution in [0.5, 0.6) is 5.75 Å². The van der Waals surface area contributed by atoms with Gasteiger partial charge in [0.15, 0.2) is 0 Å². The summed E-state index contributed by atoms with van der Waals surface area (Å²) in [7, 11) is 3.03. The quantitative estimate of drug-likeness (QED) is 0.413. The largest absolute Gasteiger partial charge is 0.497 e. The Labute approximate surface area is 242 Å². The van der Waals surface area contributed by atoms with Crippen molar-refractivity contribution < 1.29 is 14.3 Å². The Kier molecular flexibility index (Phi) is 6.24. The molecule has 7 rings (SSSR count). The maximum absolute atomic E-state index is 12.7. The van der Waals surface area contributed by atoms with Crippen molar-refractivity contribution in [2.24, 2.45) is 20.0 Å². The van der Waals surface area contributed by atoms with Gasteiger partial charge in [-0.3, -0.25) is 0 Å². The first kappa shape index (κ1) is 25.3. The Morgan fingerprint density at radius 3 is 1.83 bits per heavy atom. The van der Waals surface area contributed by atoms with Crippen LogP contribution in [-0.4, -0.2) is 43.0 Å². The van der Waals surface area contributed by atoms with Crippen molar-refractivity contribution in [1.29, 1.82) is 0 Å². The van der Waals surface area contributed by atoms with Crippen LogP contribution in [0.4, 0.5) is 0 Å². The van der Waals surface area contributed by atoms with Crippen LogP contribution in [0.15, 0.2) is 152 Å². The molecule has 0 amide bonds. The van der Waals surface area contributed by atoms with Crippen LogP contribution in [0.2, 0.25) is 0 Å². The van der Waals surface area contributed by atoms with Crippen LogP contribution in [0.3, 0.4) is 0 Å². The molecule has 7 nitrogen and oxygen atoms in total. The van der Waals surface area contributed by atoms with Crippen molar-refractivity contribution in [2.75, 3.05) is 14.2 Å². The van der Waals surface area contributed by atoms with Gasteiger partial charge in [0.2, 0.25) is 0 Å². The summed E-state index contributed by atoms with van der Waals surface area (Å²) in [5.74, 6) is 0.357. The zero-order valence-corrected chi connectivity index (χ0v) is 22.9. The smallest absolute Gasteiger partial charge is 0.338 e. The molecular formula is C35H24N4O3. The third-order valence-corrected chi connectivity index (χ3v) is 7.24. The van der Waals surface area contributed by atoms with E-state index in [2.05, 4.69) is 0 Å². The molecule has 8 bridgehead atoms. The fraction of sp³-hybridized carbons (Fsp3) is 0.0571. The van der Waals surface area contributed by atoms with E-state index in [1.807, 2.05) is 103 Å². The SMILES string of the molecule is COC(=O)c1ccccc1C1=C2C=CC(=N2)C=C2C=CC(=N2)C(c2ccc(OC)cc2)=C2C=CC(=N2)C=C2C=CC1=N2. The van der Waals surface area contributed by atoms with Gasteiger partial charge in [-0.05, 0) is 84.5 Å². The highest BCUT2D eigenvalue weighted by molar-refractivity contribution is 6.34. The molecule has 5 aliphatic rings. The number of ether oxygens (including phenoxy) is 2. The van der Waals surface area contributed by atoms with Crippen molar-refractivity contribution in [3.8, 4) is 5.75 Å². The molecule has 5 heterocycles. The van der Waals surface area contributed by atoms with Gasteiger partial charge in [-0.1, -0.05) is 30.3 Å². The summed E-state index contributed by atoms with van der Waals surface area (Å²) >= 11 is 0. The van der Waals surface area contributed by atoms with Crippen LogP contribution >= 0.6 is 0 Å². The van der Waals surface area contributed by atoms with E-state index in [0.29, 0.717) is 22.5 Å². The van der Waals surface area contributed by atoms with Gasteiger partial charge in [-0.25, -0.2) is 24.8 Å². The van der Waals surface area contributed by atoms with Crippen molar-refractivity contribution >= 4 is 40.0 Å². The summed E-state index contributed by atoms with van der Waals surface area (Å²) in [5, 5.41) is 0. The summed E-state index contributed by atoms with van der Waals surface area (Å²) in [5.41, 5.74) is 9.83. The zero-order valence-electron chi connectivity index (χ0n) is 22.9. The molecule has 0 spiro atoms. The molecule has 202 valence electrons. The predicted molar refractivity (Wildman–Crippen MR) is 167 cm³/mol. The molecule has 0 fully saturated rings. The third-order valence-electron chi connectivity index (χ3n) is 7.24. The number of hydrogen-bond donors (Lipinski definition) is 0. The standard InChI is InChI=1S/C35H24N4O3/c1-41-26-13-7-21(8-14-26)33-29-15-9-22(36-29)19-24-11-17-31(38-24)34(27-5-3-4-6-28(27)35(40)42-2)32-18-12-25(39-32)20-23-10-16-30(33)37-23/h3-20H,1-2H3. The highest BCUT2D eigenvalue weighted by Gasteiger charge is 2.24. The Morgan fingerprint density at radius 2 is 1.21 bits per heavy atom. The van der Waals surface area contributed by atoms with Crippen LogP contribution in [0, 0.1) is 0 Å². The lowest BCUT2D eigenvalue weighted by molar-refractivity contribution is 0.0600. The molecule has 7 heteroatoms.